The van der Waals surface area contributed by atoms with Gasteiger partial charge in [0.05, 0.1) is 11.4 Å². The van der Waals surface area contributed by atoms with Crippen molar-refractivity contribution in [2.75, 3.05) is 45.1 Å². The monoisotopic (exact) mass is 446 g/mol. The molecule has 158 valence electrons. The summed E-state index contributed by atoms with van der Waals surface area (Å²) in [6, 6.07) is 13.1. The zero-order chi connectivity index (χ0) is 21.3. The molecule has 7 nitrogen and oxygen atoms in total. The third kappa shape index (κ3) is 4.22. The van der Waals surface area contributed by atoms with Crippen LogP contribution in [0.3, 0.4) is 0 Å². The van der Waals surface area contributed by atoms with Gasteiger partial charge in [0.25, 0.3) is 0 Å². The predicted octanol–water partition coefficient (Wildman–Crippen LogP) is 2.84. The summed E-state index contributed by atoms with van der Waals surface area (Å²) in [7, 11) is -1.83. The summed E-state index contributed by atoms with van der Waals surface area (Å²) in [4.78, 5) is 20.2. The van der Waals surface area contributed by atoms with Crippen molar-refractivity contribution in [3.05, 3.63) is 53.6 Å². The first-order valence-electron chi connectivity index (χ1n) is 9.67. The van der Waals surface area contributed by atoms with Gasteiger partial charge in [-0.15, -0.1) is 0 Å². The molecule has 0 unspecified atom stereocenters. The standard InChI is InChI=1S/C21H23ClN4O3S/c1-25-9-11-26(12-10-25)14-19(27)24-21-20(17-13-15(22)7-8-18(17)23-21)30(28,29)16-5-3-2-4-6-16/h2-8,13,23H,9-12,14H2,1H3,(H,24,27). The van der Waals surface area contributed by atoms with Crippen LogP contribution in [-0.4, -0.2) is 68.9 Å². The number of rotatable bonds is 5. The maximum atomic E-state index is 13.4. The number of anilines is 1. The number of fused-ring (bicyclic) bond motifs is 1. The van der Waals surface area contributed by atoms with Crippen LogP contribution in [0.15, 0.2) is 58.3 Å². The van der Waals surface area contributed by atoms with Crippen LogP contribution in [0.5, 0.6) is 0 Å². The minimum absolute atomic E-state index is 0.0259. The SMILES string of the molecule is CN1CCN(CC(=O)Nc2[nH]c3ccc(Cl)cc3c2S(=O)(=O)c2ccccc2)CC1. The van der Waals surface area contributed by atoms with Crippen molar-refractivity contribution >= 4 is 44.1 Å². The van der Waals surface area contributed by atoms with Crippen molar-refractivity contribution in [1.29, 1.82) is 0 Å². The Morgan fingerprint density at radius 1 is 1.10 bits per heavy atom. The second kappa shape index (κ2) is 8.39. The van der Waals surface area contributed by atoms with Gasteiger partial charge in [0.15, 0.2) is 0 Å². The smallest absolute Gasteiger partial charge is 0.239 e. The van der Waals surface area contributed by atoms with Crippen molar-refractivity contribution in [1.82, 2.24) is 14.8 Å². The Morgan fingerprint density at radius 2 is 1.80 bits per heavy atom. The molecule has 30 heavy (non-hydrogen) atoms. The van der Waals surface area contributed by atoms with Crippen LogP contribution in [0.2, 0.25) is 5.02 Å². The highest BCUT2D eigenvalue weighted by atomic mass is 35.5. The quantitative estimate of drug-likeness (QED) is 0.629. The molecule has 1 amide bonds. The first-order chi connectivity index (χ1) is 14.3. The number of hydrogen-bond donors (Lipinski definition) is 2. The molecule has 4 rings (SSSR count). The fraction of sp³-hybridized carbons (Fsp3) is 0.286. The van der Waals surface area contributed by atoms with Gasteiger partial charge in [-0.3, -0.25) is 9.69 Å². The predicted molar refractivity (Wildman–Crippen MR) is 118 cm³/mol. The molecular weight excluding hydrogens is 424 g/mol. The molecule has 1 saturated heterocycles. The number of nitrogens with one attached hydrogen (secondary N) is 2. The van der Waals surface area contributed by atoms with E-state index < -0.39 is 9.84 Å². The van der Waals surface area contributed by atoms with Gasteiger partial charge in [0.1, 0.15) is 10.7 Å². The van der Waals surface area contributed by atoms with E-state index in [2.05, 4.69) is 20.1 Å². The van der Waals surface area contributed by atoms with Crippen LogP contribution >= 0.6 is 11.6 Å². The molecule has 0 saturated carbocycles. The minimum Gasteiger partial charge on any atom is -0.340 e. The lowest BCUT2D eigenvalue weighted by Crippen LogP contribution is -2.47. The topological polar surface area (TPSA) is 85.5 Å². The van der Waals surface area contributed by atoms with Crippen LogP contribution in [0.25, 0.3) is 10.9 Å². The molecule has 9 heteroatoms. The van der Waals surface area contributed by atoms with E-state index in [1.165, 1.54) is 12.1 Å². The zero-order valence-electron chi connectivity index (χ0n) is 16.6. The normalized spacial score (nSPS) is 16.1. The van der Waals surface area contributed by atoms with Crippen molar-refractivity contribution in [2.24, 2.45) is 0 Å². The number of amides is 1. The van der Waals surface area contributed by atoms with Crippen molar-refractivity contribution in [2.45, 2.75) is 9.79 Å². The first-order valence-corrected chi connectivity index (χ1v) is 11.5. The third-order valence-corrected chi connectivity index (χ3v) is 7.35. The number of aromatic amines is 1. The number of sulfone groups is 1. The maximum absolute atomic E-state index is 13.4. The summed E-state index contributed by atoms with van der Waals surface area (Å²) in [6.07, 6.45) is 0. The van der Waals surface area contributed by atoms with E-state index in [1.54, 1.807) is 36.4 Å². The number of nitrogens with zero attached hydrogens (tertiary/aromatic N) is 2. The third-order valence-electron chi connectivity index (χ3n) is 5.26. The van der Waals surface area contributed by atoms with E-state index in [0.717, 1.165) is 26.2 Å². The number of hydrogen-bond acceptors (Lipinski definition) is 5. The van der Waals surface area contributed by atoms with Crippen molar-refractivity contribution in [3.63, 3.8) is 0 Å². The van der Waals surface area contributed by atoms with Crippen LogP contribution in [-0.2, 0) is 14.6 Å². The molecule has 1 aliphatic heterocycles. The molecule has 0 bridgehead atoms. The molecule has 2 heterocycles. The fourth-order valence-corrected chi connectivity index (χ4v) is 5.36. The molecule has 0 spiro atoms. The fourth-order valence-electron chi connectivity index (χ4n) is 3.61. The van der Waals surface area contributed by atoms with E-state index in [9.17, 15) is 13.2 Å². The lowest BCUT2D eigenvalue weighted by atomic mass is 10.2. The van der Waals surface area contributed by atoms with Crippen molar-refractivity contribution < 1.29 is 13.2 Å². The molecule has 1 aromatic heterocycles. The molecule has 0 aliphatic carbocycles. The number of H-pyrrole nitrogens is 1. The number of likely N-dealkylation sites (N-methyl/N-ethyl adjacent to an activating group) is 1. The molecule has 0 radical (unpaired) electrons. The van der Waals surface area contributed by atoms with E-state index >= 15 is 0 Å². The average Bonchev–Trinajstić information content (AvgIpc) is 3.07. The van der Waals surface area contributed by atoms with Crippen LogP contribution in [0.1, 0.15) is 0 Å². The number of halogens is 1. The maximum Gasteiger partial charge on any atom is 0.239 e. The highest BCUT2D eigenvalue weighted by Crippen LogP contribution is 2.36. The summed E-state index contributed by atoms with van der Waals surface area (Å²) in [6.45, 7) is 3.58. The second-order valence-corrected chi connectivity index (χ2v) is 9.79. The largest absolute Gasteiger partial charge is 0.340 e. The summed E-state index contributed by atoms with van der Waals surface area (Å²) >= 11 is 6.14. The van der Waals surface area contributed by atoms with Gasteiger partial charge in [-0.05, 0) is 37.4 Å². The first kappa shape index (κ1) is 20.9. The molecule has 2 aromatic carbocycles. The Hall–Kier alpha value is -2.39. The molecule has 2 N–H and O–H groups in total. The minimum atomic E-state index is -3.88. The highest BCUT2D eigenvalue weighted by molar-refractivity contribution is 7.92. The Bertz CT molecular complexity index is 1170. The lowest BCUT2D eigenvalue weighted by molar-refractivity contribution is -0.117. The van der Waals surface area contributed by atoms with E-state index in [4.69, 9.17) is 11.6 Å². The van der Waals surface area contributed by atoms with E-state index in [-0.39, 0.29) is 28.1 Å². The number of aromatic nitrogens is 1. The lowest BCUT2D eigenvalue weighted by Gasteiger charge is -2.31. The number of piperazine rings is 1. The molecule has 0 atom stereocenters. The highest BCUT2D eigenvalue weighted by Gasteiger charge is 2.28. The van der Waals surface area contributed by atoms with E-state index in [1.807, 2.05) is 7.05 Å². The molecule has 1 fully saturated rings. The Morgan fingerprint density at radius 3 is 2.50 bits per heavy atom. The van der Waals surface area contributed by atoms with E-state index in [0.29, 0.717) is 15.9 Å². The summed E-state index contributed by atoms with van der Waals surface area (Å²) in [5.74, 6) is -0.100. The van der Waals surface area contributed by atoms with Crippen LogP contribution in [0, 0.1) is 0 Å². The summed E-state index contributed by atoms with van der Waals surface area (Å²) in [5.41, 5.74) is 0.587. The van der Waals surface area contributed by atoms with Crippen molar-refractivity contribution in [3.8, 4) is 0 Å². The van der Waals surface area contributed by atoms with Gasteiger partial charge in [-0.1, -0.05) is 29.8 Å². The van der Waals surface area contributed by atoms with Crippen LogP contribution < -0.4 is 5.32 Å². The molecule has 3 aromatic rings. The number of benzene rings is 2. The van der Waals surface area contributed by atoms with Gasteiger partial charge in [-0.2, -0.15) is 0 Å². The van der Waals surface area contributed by atoms with Gasteiger partial charge in [-0.25, -0.2) is 8.42 Å². The van der Waals surface area contributed by atoms with Gasteiger partial charge in [0, 0.05) is 42.1 Å². The van der Waals surface area contributed by atoms with Gasteiger partial charge < -0.3 is 15.2 Å². The van der Waals surface area contributed by atoms with Gasteiger partial charge >= 0.3 is 0 Å². The summed E-state index contributed by atoms with van der Waals surface area (Å²) in [5, 5.41) is 3.65. The Balaban J connectivity index is 1.69. The average molecular weight is 447 g/mol. The number of carbonyl (C=O) groups excluding carboxylic acids is 1. The Labute approximate surface area is 180 Å². The second-order valence-electron chi connectivity index (χ2n) is 7.46. The Kier molecular flexibility index (Phi) is 5.84. The number of carbonyl (C=O) groups is 1. The van der Waals surface area contributed by atoms with Gasteiger partial charge in [0.2, 0.25) is 15.7 Å². The molecular formula is C21H23ClN4O3S. The van der Waals surface area contributed by atoms with Crippen LogP contribution in [0.4, 0.5) is 5.82 Å². The summed E-state index contributed by atoms with van der Waals surface area (Å²) < 4.78 is 26.8. The zero-order valence-corrected chi connectivity index (χ0v) is 18.1. The molecule has 1 aliphatic rings.